The van der Waals surface area contributed by atoms with Gasteiger partial charge < -0.3 is 15.4 Å². The average Bonchev–Trinajstić information content (AvgIpc) is 2.35. The molecular formula is C12H17FN2O2. The summed E-state index contributed by atoms with van der Waals surface area (Å²) in [5.41, 5.74) is 0.691. The Morgan fingerprint density at radius 3 is 2.76 bits per heavy atom. The molecule has 0 aromatic heterocycles. The van der Waals surface area contributed by atoms with Gasteiger partial charge in [0.1, 0.15) is 11.6 Å². The summed E-state index contributed by atoms with van der Waals surface area (Å²) in [6, 6.07) is 4.19. The van der Waals surface area contributed by atoms with Gasteiger partial charge in [0.15, 0.2) is 6.61 Å². The van der Waals surface area contributed by atoms with Gasteiger partial charge in [-0.2, -0.15) is 0 Å². The Labute approximate surface area is 100 Å². The van der Waals surface area contributed by atoms with Crippen molar-refractivity contribution in [2.45, 2.75) is 13.0 Å². The summed E-state index contributed by atoms with van der Waals surface area (Å²) >= 11 is 0. The third kappa shape index (κ3) is 3.71. The number of halogens is 1. The number of rotatable bonds is 5. The van der Waals surface area contributed by atoms with Crippen molar-refractivity contribution >= 4 is 5.91 Å². The first-order chi connectivity index (χ1) is 8.08. The number of carbonyl (C=O) groups is 1. The first kappa shape index (κ1) is 13.4. The molecule has 0 aliphatic carbocycles. The molecule has 2 N–H and O–H groups in total. The van der Waals surface area contributed by atoms with Crippen LogP contribution in [0.15, 0.2) is 18.2 Å². The highest BCUT2D eigenvalue weighted by molar-refractivity contribution is 5.77. The first-order valence-corrected chi connectivity index (χ1v) is 5.38. The molecule has 0 aliphatic rings. The monoisotopic (exact) mass is 240 g/mol. The minimum atomic E-state index is -0.325. The van der Waals surface area contributed by atoms with Crippen molar-refractivity contribution in [2.24, 2.45) is 0 Å². The fraction of sp³-hybridized carbons (Fsp3) is 0.417. The normalized spacial score (nSPS) is 12.0. The van der Waals surface area contributed by atoms with E-state index in [2.05, 4.69) is 10.6 Å². The molecule has 1 amide bonds. The second-order valence-electron chi connectivity index (χ2n) is 3.65. The second kappa shape index (κ2) is 6.20. The number of hydrogen-bond donors (Lipinski definition) is 2. The smallest absolute Gasteiger partial charge is 0.257 e. The molecule has 0 spiro atoms. The van der Waals surface area contributed by atoms with E-state index in [1.807, 2.05) is 6.92 Å². The predicted octanol–water partition coefficient (Wildman–Crippen LogP) is 1.23. The fourth-order valence-corrected chi connectivity index (χ4v) is 1.36. The van der Waals surface area contributed by atoms with Gasteiger partial charge in [0.2, 0.25) is 0 Å². The molecule has 0 saturated heterocycles. The molecule has 4 nitrogen and oxygen atoms in total. The van der Waals surface area contributed by atoms with E-state index in [4.69, 9.17) is 4.74 Å². The van der Waals surface area contributed by atoms with E-state index in [9.17, 15) is 9.18 Å². The van der Waals surface area contributed by atoms with Crippen LogP contribution in [0.3, 0.4) is 0 Å². The molecule has 5 heteroatoms. The summed E-state index contributed by atoms with van der Waals surface area (Å²) in [4.78, 5) is 11.1. The lowest BCUT2D eigenvalue weighted by atomic mass is 10.1. The molecule has 0 radical (unpaired) electrons. The molecule has 0 fully saturated rings. The van der Waals surface area contributed by atoms with E-state index >= 15 is 0 Å². The highest BCUT2D eigenvalue weighted by atomic mass is 19.1. The molecular weight excluding hydrogens is 223 g/mol. The van der Waals surface area contributed by atoms with Gasteiger partial charge in [-0.05, 0) is 32.2 Å². The van der Waals surface area contributed by atoms with E-state index in [0.717, 1.165) is 0 Å². The van der Waals surface area contributed by atoms with Crippen molar-refractivity contribution in [1.82, 2.24) is 10.6 Å². The first-order valence-electron chi connectivity index (χ1n) is 5.38. The lowest BCUT2D eigenvalue weighted by molar-refractivity contribution is -0.122. The van der Waals surface area contributed by atoms with Gasteiger partial charge in [-0.1, -0.05) is 0 Å². The Morgan fingerprint density at radius 2 is 2.18 bits per heavy atom. The van der Waals surface area contributed by atoms with E-state index in [-0.39, 0.29) is 24.4 Å². The van der Waals surface area contributed by atoms with Crippen LogP contribution < -0.4 is 15.4 Å². The summed E-state index contributed by atoms with van der Waals surface area (Å²) in [6.45, 7) is 1.81. The summed E-state index contributed by atoms with van der Waals surface area (Å²) < 4.78 is 18.5. The second-order valence-corrected chi connectivity index (χ2v) is 3.65. The minimum Gasteiger partial charge on any atom is -0.483 e. The van der Waals surface area contributed by atoms with Crippen molar-refractivity contribution in [3.05, 3.63) is 29.6 Å². The van der Waals surface area contributed by atoms with Crippen LogP contribution in [0.5, 0.6) is 5.75 Å². The van der Waals surface area contributed by atoms with Gasteiger partial charge in [0.05, 0.1) is 0 Å². The maximum absolute atomic E-state index is 13.1. The van der Waals surface area contributed by atoms with Crippen LogP contribution in [0.1, 0.15) is 18.5 Å². The summed E-state index contributed by atoms with van der Waals surface area (Å²) in [5.74, 6) is -0.0383. The molecule has 94 valence electrons. The minimum absolute atomic E-state index is 0.0506. The van der Waals surface area contributed by atoms with Gasteiger partial charge in [-0.15, -0.1) is 0 Å². The Kier molecular flexibility index (Phi) is 4.90. The van der Waals surface area contributed by atoms with Crippen LogP contribution in [0.25, 0.3) is 0 Å². The summed E-state index contributed by atoms with van der Waals surface area (Å²) in [7, 11) is 3.31. The standard InChI is InChI=1S/C12H17FN2O2/c1-8(14-2)10-6-9(13)4-5-11(10)17-7-12(16)15-3/h4-6,8,14H,7H2,1-3H3,(H,15,16). The largest absolute Gasteiger partial charge is 0.483 e. The average molecular weight is 240 g/mol. The van der Waals surface area contributed by atoms with Crippen LogP contribution in [0.4, 0.5) is 4.39 Å². The number of benzene rings is 1. The quantitative estimate of drug-likeness (QED) is 0.814. The highest BCUT2D eigenvalue weighted by Crippen LogP contribution is 2.25. The summed E-state index contributed by atoms with van der Waals surface area (Å²) in [6.07, 6.45) is 0. The number of nitrogens with one attached hydrogen (secondary N) is 2. The van der Waals surface area contributed by atoms with E-state index in [1.165, 1.54) is 25.2 Å². The SMILES string of the molecule is CNC(=O)COc1ccc(F)cc1C(C)NC. The van der Waals surface area contributed by atoms with Crippen LogP contribution in [-0.2, 0) is 4.79 Å². The molecule has 0 bridgehead atoms. The maximum atomic E-state index is 13.1. The van der Waals surface area contributed by atoms with E-state index in [0.29, 0.717) is 11.3 Å². The lowest BCUT2D eigenvalue weighted by Crippen LogP contribution is -2.25. The Hall–Kier alpha value is -1.62. The van der Waals surface area contributed by atoms with Gasteiger partial charge in [0.25, 0.3) is 5.91 Å². The van der Waals surface area contributed by atoms with Crippen molar-refractivity contribution in [2.75, 3.05) is 20.7 Å². The van der Waals surface area contributed by atoms with Crippen LogP contribution >= 0.6 is 0 Å². The predicted molar refractivity (Wildman–Crippen MR) is 63.4 cm³/mol. The van der Waals surface area contributed by atoms with Crippen molar-refractivity contribution in [3.63, 3.8) is 0 Å². The van der Waals surface area contributed by atoms with Gasteiger partial charge >= 0.3 is 0 Å². The molecule has 0 heterocycles. The molecule has 1 unspecified atom stereocenters. The van der Waals surface area contributed by atoms with Crippen LogP contribution in [-0.4, -0.2) is 26.6 Å². The van der Waals surface area contributed by atoms with Crippen LogP contribution in [0.2, 0.25) is 0 Å². The Balaban J connectivity index is 2.86. The molecule has 1 rings (SSSR count). The molecule has 1 aromatic carbocycles. The molecule has 0 saturated carbocycles. The topological polar surface area (TPSA) is 50.4 Å². The number of ether oxygens (including phenoxy) is 1. The van der Waals surface area contributed by atoms with E-state index in [1.54, 1.807) is 7.05 Å². The molecule has 1 atom stereocenters. The number of likely N-dealkylation sites (N-methyl/N-ethyl adjacent to an activating group) is 1. The molecule has 1 aromatic rings. The van der Waals surface area contributed by atoms with Gasteiger partial charge in [-0.25, -0.2) is 4.39 Å². The number of hydrogen-bond acceptors (Lipinski definition) is 3. The molecule has 17 heavy (non-hydrogen) atoms. The number of amides is 1. The molecule has 0 aliphatic heterocycles. The van der Waals surface area contributed by atoms with Gasteiger partial charge in [0, 0.05) is 18.7 Å². The lowest BCUT2D eigenvalue weighted by Gasteiger charge is -2.16. The zero-order valence-electron chi connectivity index (χ0n) is 10.2. The third-order valence-electron chi connectivity index (χ3n) is 2.51. The zero-order valence-corrected chi connectivity index (χ0v) is 10.2. The van der Waals surface area contributed by atoms with Crippen LogP contribution in [0, 0.1) is 5.82 Å². The Bertz CT molecular complexity index is 396. The zero-order chi connectivity index (χ0) is 12.8. The van der Waals surface area contributed by atoms with Crippen molar-refractivity contribution in [3.8, 4) is 5.75 Å². The van der Waals surface area contributed by atoms with Crippen molar-refractivity contribution < 1.29 is 13.9 Å². The van der Waals surface area contributed by atoms with Gasteiger partial charge in [-0.3, -0.25) is 4.79 Å². The van der Waals surface area contributed by atoms with E-state index < -0.39 is 0 Å². The highest BCUT2D eigenvalue weighted by Gasteiger charge is 2.12. The summed E-state index contributed by atoms with van der Waals surface area (Å²) in [5, 5.41) is 5.46. The third-order valence-corrected chi connectivity index (χ3v) is 2.51. The Morgan fingerprint density at radius 1 is 1.47 bits per heavy atom. The van der Waals surface area contributed by atoms with Crippen molar-refractivity contribution in [1.29, 1.82) is 0 Å². The number of carbonyl (C=O) groups excluding carboxylic acids is 1. The fourth-order valence-electron chi connectivity index (χ4n) is 1.36. The maximum Gasteiger partial charge on any atom is 0.257 e.